The third-order valence-electron chi connectivity index (χ3n) is 4.95. The second kappa shape index (κ2) is 8.53. The quantitative estimate of drug-likeness (QED) is 0.296. The van der Waals surface area contributed by atoms with Gasteiger partial charge in [-0.1, -0.05) is 70.2 Å². The fraction of sp³-hybridized carbons (Fsp3) is 0.0417. The largest absolute Gasteiger partial charge is 0.506 e. The van der Waals surface area contributed by atoms with Crippen LogP contribution in [0.15, 0.2) is 94.7 Å². The summed E-state index contributed by atoms with van der Waals surface area (Å²) >= 11 is 5.10. The van der Waals surface area contributed by atoms with E-state index in [1.54, 1.807) is 24.0 Å². The topological polar surface area (TPSA) is 63.8 Å². The molecule has 152 valence electrons. The lowest BCUT2D eigenvalue weighted by Gasteiger charge is -2.11. The Labute approximate surface area is 191 Å². The molecule has 2 heterocycles. The van der Waals surface area contributed by atoms with Crippen LogP contribution in [-0.2, 0) is 5.75 Å². The van der Waals surface area contributed by atoms with Crippen molar-refractivity contribution in [2.45, 2.75) is 10.9 Å². The van der Waals surface area contributed by atoms with E-state index in [0.717, 1.165) is 37.7 Å². The first kappa shape index (κ1) is 19.8. The standard InChI is InChI=1S/C24H17BrN4OS/c25-18-11-8-16(9-12-18)23-27-28-24(29(23)19-5-2-1-3-6-19)31-15-17-10-13-21(30)22-20(17)7-4-14-26-22/h1-14,30H,15H2. The average molecular weight is 489 g/mol. The lowest BCUT2D eigenvalue weighted by Crippen LogP contribution is -1.99. The van der Waals surface area contributed by atoms with Crippen LogP contribution < -0.4 is 0 Å². The summed E-state index contributed by atoms with van der Waals surface area (Å²) in [6, 6.07) is 25.7. The van der Waals surface area contributed by atoms with Crippen molar-refractivity contribution in [1.29, 1.82) is 0 Å². The predicted octanol–water partition coefficient (Wildman–Crippen LogP) is 6.24. The number of hydrogen-bond donors (Lipinski definition) is 1. The minimum atomic E-state index is 0.189. The summed E-state index contributed by atoms with van der Waals surface area (Å²) < 4.78 is 3.10. The van der Waals surface area contributed by atoms with Gasteiger partial charge in [0.15, 0.2) is 11.0 Å². The molecule has 5 aromatic rings. The summed E-state index contributed by atoms with van der Waals surface area (Å²) in [7, 11) is 0. The minimum absolute atomic E-state index is 0.189. The Morgan fingerprint density at radius 1 is 0.871 bits per heavy atom. The third-order valence-corrected chi connectivity index (χ3v) is 6.45. The van der Waals surface area contributed by atoms with Gasteiger partial charge in [-0.2, -0.15) is 0 Å². The molecule has 0 fully saturated rings. The number of aromatic hydroxyl groups is 1. The van der Waals surface area contributed by atoms with E-state index in [-0.39, 0.29) is 5.75 Å². The van der Waals surface area contributed by atoms with E-state index in [0.29, 0.717) is 11.3 Å². The Bertz CT molecular complexity index is 1350. The lowest BCUT2D eigenvalue weighted by atomic mass is 10.1. The number of nitrogens with zero attached hydrogens (tertiary/aromatic N) is 4. The molecule has 7 heteroatoms. The molecule has 5 nitrogen and oxygen atoms in total. The maximum Gasteiger partial charge on any atom is 0.196 e. The Morgan fingerprint density at radius 2 is 1.68 bits per heavy atom. The number of phenolic OH excluding ortho intramolecular Hbond substituents is 1. The molecule has 0 bridgehead atoms. The van der Waals surface area contributed by atoms with Gasteiger partial charge in [0.05, 0.1) is 0 Å². The van der Waals surface area contributed by atoms with Gasteiger partial charge in [-0.05, 0) is 42.0 Å². The monoisotopic (exact) mass is 488 g/mol. The van der Waals surface area contributed by atoms with Crippen LogP contribution in [0.5, 0.6) is 5.75 Å². The van der Waals surface area contributed by atoms with Crippen molar-refractivity contribution in [3.8, 4) is 22.8 Å². The predicted molar refractivity (Wildman–Crippen MR) is 127 cm³/mol. The molecule has 0 amide bonds. The Hall–Kier alpha value is -3.16. The minimum Gasteiger partial charge on any atom is -0.506 e. The van der Waals surface area contributed by atoms with Gasteiger partial charge in [0, 0.05) is 33.1 Å². The van der Waals surface area contributed by atoms with Crippen molar-refractivity contribution in [3.05, 3.63) is 95.1 Å². The van der Waals surface area contributed by atoms with Gasteiger partial charge in [0.25, 0.3) is 0 Å². The van der Waals surface area contributed by atoms with Crippen LogP contribution in [0, 0.1) is 0 Å². The molecule has 0 saturated carbocycles. The molecule has 0 spiro atoms. The number of benzene rings is 3. The third kappa shape index (κ3) is 3.94. The fourth-order valence-electron chi connectivity index (χ4n) is 3.44. The summed E-state index contributed by atoms with van der Waals surface area (Å²) in [6.07, 6.45) is 1.69. The number of phenols is 1. The van der Waals surface area contributed by atoms with Crippen LogP contribution in [0.1, 0.15) is 5.56 Å². The number of rotatable bonds is 5. The fourth-order valence-corrected chi connectivity index (χ4v) is 4.66. The highest BCUT2D eigenvalue weighted by molar-refractivity contribution is 9.10. The molecule has 31 heavy (non-hydrogen) atoms. The van der Waals surface area contributed by atoms with Crippen LogP contribution in [0.3, 0.4) is 0 Å². The van der Waals surface area contributed by atoms with Crippen LogP contribution in [-0.4, -0.2) is 24.9 Å². The van der Waals surface area contributed by atoms with Crippen molar-refractivity contribution in [2.75, 3.05) is 0 Å². The number of aromatic nitrogens is 4. The first-order valence-corrected chi connectivity index (χ1v) is 11.4. The molecule has 0 aliphatic heterocycles. The van der Waals surface area contributed by atoms with E-state index in [4.69, 9.17) is 0 Å². The second-order valence-corrected chi connectivity index (χ2v) is 8.77. The molecule has 0 aliphatic carbocycles. The van der Waals surface area contributed by atoms with Crippen molar-refractivity contribution < 1.29 is 5.11 Å². The first-order chi connectivity index (χ1) is 15.2. The van der Waals surface area contributed by atoms with E-state index < -0.39 is 0 Å². The summed E-state index contributed by atoms with van der Waals surface area (Å²) in [6.45, 7) is 0. The van der Waals surface area contributed by atoms with Gasteiger partial charge in [-0.25, -0.2) is 0 Å². The highest BCUT2D eigenvalue weighted by Gasteiger charge is 2.17. The lowest BCUT2D eigenvalue weighted by molar-refractivity contribution is 0.480. The second-order valence-electron chi connectivity index (χ2n) is 6.92. The van der Waals surface area contributed by atoms with Crippen molar-refractivity contribution in [3.63, 3.8) is 0 Å². The maximum absolute atomic E-state index is 10.1. The zero-order chi connectivity index (χ0) is 21.2. The van der Waals surface area contributed by atoms with Gasteiger partial charge in [0.1, 0.15) is 11.3 Å². The Balaban J connectivity index is 1.54. The van der Waals surface area contributed by atoms with Gasteiger partial charge in [-0.3, -0.25) is 9.55 Å². The van der Waals surface area contributed by atoms with Gasteiger partial charge in [-0.15, -0.1) is 10.2 Å². The van der Waals surface area contributed by atoms with E-state index in [1.807, 2.05) is 60.7 Å². The number of para-hydroxylation sites is 1. The van der Waals surface area contributed by atoms with E-state index >= 15 is 0 Å². The molecule has 2 aromatic heterocycles. The summed E-state index contributed by atoms with van der Waals surface area (Å²) in [5.74, 6) is 1.65. The zero-order valence-electron chi connectivity index (χ0n) is 16.3. The molecule has 5 rings (SSSR count). The number of hydrogen-bond acceptors (Lipinski definition) is 5. The molecule has 0 unspecified atom stereocenters. The SMILES string of the molecule is Oc1ccc(CSc2nnc(-c3ccc(Br)cc3)n2-c2ccccc2)c2cccnc12. The van der Waals surface area contributed by atoms with Crippen molar-refractivity contribution >= 4 is 38.6 Å². The Morgan fingerprint density at radius 3 is 2.48 bits per heavy atom. The van der Waals surface area contributed by atoms with Crippen molar-refractivity contribution in [1.82, 2.24) is 19.7 Å². The smallest absolute Gasteiger partial charge is 0.196 e. The number of halogens is 1. The highest BCUT2D eigenvalue weighted by Crippen LogP contribution is 2.33. The molecule has 0 atom stereocenters. The van der Waals surface area contributed by atoms with Gasteiger partial charge >= 0.3 is 0 Å². The molecular formula is C24H17BrN4OS. The molecule has 0 aliphatic rings. The number of fused-ring (bicyclic) bond motifs is 1. The van der Waals surface area contributed by atoms with Gasteiger partial charge in [0.2, 0.25) is 0 Å². The van der Waals surface area contributed by atoms with Crippen LogP contribution >= 0.6 is 27.7 Å². The first-order valence-electron chi connectivity index (χ1n) is 9.66. The van der Waals surface area contributed by atoms with Crippen LogP contribution in [0.4, 0.5) is 0 Å². The number of pyridine rings is 1. The molecule has 0 radical (unpaired) electrons. The van der Waals surface area contributed by atoms with E-state index in [2.05, 4.69) is 47.8 Å². The highest BCUT2D eigenvalue weighted by atomic mass is 79.9. The summed E-state index contributed by atoms with van der Waals surface area (Å²) in [5.41, 5.74) is 3.69. The molecule has 1 N–H and O–H groups in total. The zero-order valence-corrected chi connectivity index (χ0v) is 18.7. The summed E-state index contributed by atoms with van der Waals surface area (Å²) in [5, 5.41) is 20.9. The molecular weight excluding hydrogens is 472 g/mol. The van der Waals surface area contributed by atoms with E-state index in [9.17, 15) is 5.11 Å². The molecule has 3 aromatic carbocycles. The normalized spacial score (nSPS) is 11.1. The number of thioether (sulfide) groups is 1. The Kier molecular flexibility index (Phi) is 5.44. The van der Waals surface area contributed by atoms with Crippen LogP contribution in [0.2, 0.25) is 0 Å². The summed E-state index contributed by atoms with van der Waals surface area (Å²) in [4.78, 5) is 4.32. The maximum atomic E-state index is 10.1. The molecule has 0 saturated heterocycles. The van der Waals surface area contributed by atoms with E-state index in [1.165, 1.54) is 0 Å². The van der Waals surface area contributed by atoms with Crippen molar-refractivity contribution in [2.24, 2.45) is 0 Å². The van der Waals surface area contributed by atoms with Crippen LogP contribution in [0.25, 0.3) is 28.0 Å². The average Bonchev–Trinajstić information content (AvgIpc) is 3.24. The van der Waals surface area contributed by atoms with Gasteiger partial charge < -0.3 is 5.11 Å².